The van der Waals surface area contributed by atoms with E-state index in [1.54, 1.807) is 34.6 Å². The van der Waals surface area contributed by atoms with Crippen molar-refractivity contribution in [3.63, 3.8) is 0 Å². The number of methoxy groups -OCH3 is 1. The van der Waals surface area contributed by atoms with E-state index in [0.717, 1.165) is 0 Å². The van der Waals surface area contributed by atoms with Gasteiger partial charge in [0.15, 0.2) is 12.6 Å². The van der Waals surface area contributed by atoms with Crippen LogP contribution in [-0.4, -0.2) is 132 Å². The number of rotatable bonds is 6. The summed E-state index contributed by atoms with van der Waals surface area (Å²) in [5.41, 5.74) is 0.537. The molecule has 0 aromatic carbocycles. The predicted molar refractivity (Wildman–Crippen MR) is 175 cm³/mol. The van der Waals surface area contributed by atoms with Gasteiger partial charge in [-0.2, -0.15) is 0 Å². The lowest BCUT2D eigenvalue weighted by Crippen LogP contribution is -2.57. The standard InChI is InChI=1S/C35H63NO11/c1-16-13-17(2)32(47-35-31(40)25(36(10)11)14-18(3)43-35)21(6)33(46-27-15-26(42-12)30(39)24(9)44-27)22(7)34(41)45-23(8)19(4)29(38)20(5)28(16)37/h17-33,35,37-40H,1,13-15H2,2-12H3/t17-,18+,19-,20-,21+,22+,23+,24-,25-,26-,27-,28-,29-,30-,31+,32-,33-,35-/m0/s1. The van der Waals surface area contributed by atoms with Crippen LogP contribution in [-0.2, 0) is 33.2 Å². The largest absolute Gasteiger partial charge is 0.462 e. The number of aliphatic hydroxyl groups excluding tert-OH is 4. The Bertz CT molecular complexity index is 1010. The highest BCUT2D eigenvalue weighted by Crippen LogP contribution is 2.37. The maximum absolute atomic E-state index is 13.8. The van der Waals surface area contributed by atoms with Gasteiger partial charge in [0.25, 0.3) is 0 Å². The lowest BCUT2D eigenvalue weighted by Gasteiger charge is -2.46. The fourth-order valence-electron chi connectivity index (χ4n) is 7.47. The second kappa shape index (κ2) is 17.2. The maximum Gasteiger partial charge on any atom is 0.311 e. The molecule has 0 aromatic rings. The minimum Gasteiger partial charge on any atom is -0.462 e. The first kappa shape index (κ1) is 40.2. The molecule has 3 rings (SSSR count). The third kappa shape index (κ3) is 9.53. The van der Waals surface area contributed by atoms with Crippen LogP contribution in [0.25, 0.3) is 0 Å². The van der Waals surface area contributed by atoms with Crippen LogP contribution in [0.15, 0.2) is 12.2 Å². The average Bonchev–Trinajstić information content (AvgIpc) is 3.02. The van der Waals surface area contributed by atoms with Crippen molar-refractivity contribution < 1.29 is 53.6 Å². The molecular formula is C35H63NO11. The SMILES string of the molecule is C=C1C[C@H](C)[C@H](O[C@@H]2O[C@H](C)C[C@H](N(C)C)[C@H]2O)[C@@H](C)[C@H](O[C@H]2C[C@H](OC)[C@@H](O)[C@H](C)O2)[C@@H](C)C(=O)O[C@H](C)[C@H](C)[C@H](O)[C@@H](C)[C@H]1O. The van der Waals surface area contributed by atoms with Gasteiger partial charge >= 0.3 is 5.97 Å². The molecule has 12 nitrogen and oxygen atoms in total. The predicted octanol–water partition coefficient (Wildman–Crippen LogP) is 2.49. The first-order chi connectivity index (χ1) is 21.9. The molecule has 3 aliphatic rings. The van der Waals surface area contributed by atoms with E-state index < -0.39 is 97.2 Å². The molecule has 274 valence electrons. The van der Waals surface area contributed by atoms with E-state index >= 15 is 0 Å². The second-order valence-corrected chi connectivity index (χ2v) is 14.8. The zero-order valence-corrected chi connectivity index (χ0v) is 30.3. The molecule has 0 aromatic heterocycles. The highest BCUT2D eigenvalue weighted by molar-refractivity contribution is 5.73. The van der Waals surface area contributed by atoms with Gasteiger partial charge in [-0.3, -0.25) is 4.79 Å². The summed E-state index contributed by atoms with van der Waals surface area (Å²) in [6.07, 6.45) is -7.78. The summed E-state index contributed by atoms with van der Waals surface area (Å²) >= 11 is 0. The van der Waals surface area contributed by atoms with Crippen molar-refractivity contribution in [1.29, 1.82) is 0 Å². The average molecular weight is 674 g/mol. The molecule has 18 atom stereocenters. The lowest BCUT2D eigenvalue weighted by atomic mass is 9.78. The molecule has 3 saturated heterocycles. The van der Waals surface area contributed by atoms with Crippen LogP contribution in [0.4, 0.5) is 0 Å². The van der Waals surface area contributed by atoms with Crippen LogP contribution in [0.3, 0.4) is 0 Å². The Kier molecular flexibility index (Phi) is 14.7. The van der Waals surface area contributed by atoms with Gasteiger partial charge in [0.05, 0.1) is 48.6 Å². The number of carbonyl (C=O) groups excluding carboxylic acids is 1. The summed E-state index contributed by atoms with van der Waals surface area (Å²) in [6, 6.07) is -0.203. The Labute approximate surface area is 281 Å². The van der Waals surface area contributed by atoms with E-state index in [-0.39, 0.29) is 24.5 Å². The fraction of sp³-hybridized carbons (Fsp3) is 0.914. The summed E-state index contributed by atoms with van der Waals surface area (Å²) in [4.78, 5) is 15.8. The molecule has 0 amide bonds. The van der Waals surface area contributed by atoms with E-state index in [2.05, 4.69) is 6.58 Å². The highest BCUT2D eigenvalue weighted by atomic mass is 16.7. The van der Waals surface area contributed by atoms with Gasteiger partial charge in [-0.1, -0.05) is 34.3 Å². The van der Waals surface area contributed by atoms with Gasteiger partial charge in [0.2, 0.25) is 0 Å². The van der Waals surface area contributed by atoms with E-state index in [1.807, 2.05) is 39.8 Å². The van der Waals surface area contributed by atoms with Gasteiger partial charge in [-0.25, -0.2) is 0 Å². The van der Waals surface area contributed by atoms with Gasteiger partial charge in [0, 0.05) is 37.3 Å². The number of hydrogen-bond donors (Lipinski definition) is 4. The van der Waals surface area contributed by atoms with Crippen LogP contribution in [0.1, 0.15) is 74.7 Å². The van der Waals surface area contributed by atoms with Gasteiger partial charge < -0.3 is 53.7 Å². The molecule has 0 spiro atoms. The van der Waals surface area contributed by atoms with Crippen molar-refractivity contribution in [2.75, 3.05) is 21.2 Å². The van der Waals surface area contributed by atoms with Gasteiger partial charge in [-0.15, -0.1) is 0 Å². The fourth-order valence-corrected chi connectivity index (χ4v) is 7.47. The van der Waals surface area contributed by atoms with E-state index in [1.165, 1.54) is 7.11 Å². The topological polar surface area (TPSA) is 157 Å². The molecule has 47 heavy (non-hydrogen) atoms. The van der Waals surface area contributed by atoms with Crippen molar-refractivity contribution >= 4 is 5.97 Å². The van der Waals surface area contributed by atoms with Crippen LogP contribution in [0.5, 0.6) is 0 Å². The zero-order chi connectivity index (χ0) is 35.5. The summed E-state index contributed by atoms with van der Waals surface area (Å²) in [7, 11) is 5.34. The van der Waals surface area contributed by atoms with Crippen molar-refractivity contribution in [3.05, 3.63) is 12.2 Å². The van der Waals surface area contributed by atoms with Crippen molar-refractivity contribution in [2.24, 2.45) is 29.6 Å². The molecule has 12 heteroatoms. The van der Waals surface area contributed by atoms with Crippen molar-refractivity contribution in [3.8, 4) is 0 Å². The Morgan fingerprint density at radius 3 is 2.02 bits per heavy atom. The number of hydrogen-bond acceptors (Lipinski definition) is 12. The molecule has 3 aliphatic heterocycles. The van der Waals surface area contributed by atoms with Gasteiger partial charge in [0.1, 0.15) is 18.3 Å². The zero-order valence-electron chi connectivity index (χ0n) is 30.3. The number of carbonyl (C=O) groups is 1. The highest BCUT2D eigenvalue weighted by Gasteiger charge is 2.47. The molecule has 0 bridgehead atoms. The first-order valence-corrected chi connectivity index (χ1v) is 17.3. The number of ether oxygens (including phenoxy) is 6. The van der Waals surface area contributed by atoms with Crippen LogP contribution in [0, 0.1) is 29.6 Å². The van der Waals surface area contributed by atoms with Gasteiger partial charge in [-0.05, 0) is 66.1 Å². The molecule has 0 aliphatic carbocycles. The van der Waals surface area contributed by atoms with Crippen molar-refractivity contribution in [1.82, 2.24) is 4.90 Å². The van der Waals surface area contributed by atoms with Crippen LogP contribution < -0.4 is 0 Å². The smallest absolute Gasteiger partial charge is 0.311 e. The minimum absolute atomic E-state index is 0.182. The van der Waals surface area contributed by atoms with Crippen molar-refractivity contribution in [2.45, 2.75) is 154 Å². The summed E-state index contributed by atoms with van der Waals surface area (Å²) in [6.45, 7) is 18.8. The first-order valence-electron chi connectivity index (χ1n) is 17.3. The molecule has 0 saturated carbocycles. The third-order valence-corrected chi connectivity index (χ3v) is 10.9. The molecular weight excluding hydrogens is 610 g/mol. The van der Waals surface area contributed by atoms with Crippen LogP contribution in [0.2, 0.25) is 0 Å². The Morgan fingerprint density at radius 2 is 1.43 bits per heavy atom. The molecule has 3 heterocycles. The third-order valence-electron chi connectivity index (χ3n) is 10.9. The van der Waals surface area contributed by atoms with Crippen LogP contribution >= 0.6 is 0 Å². The molecule has 3 fully saturated rings. The normalized spacial score (nSPS) is 48.2. The summed E-state index contributed by atoms with van der Waals surface area (Å²) in [5, 5.41) is 44.5. The number of esters is 1. The van der Waals surface area contributed by atoms with E-state index in [9.17, 15) is 25.2 Å². The minimum atomic E-state index is -1.02. The number of likely N-dealkylation sites (N-methyl/N-ethyl adjacent to an activating group) is 1. The second-order valence-electron chi connectivity index (χ2n) is 14.8. The summed E-state index contributed by atoms with van der Waals surface area (Å²) in [5.74, 6) is -3.15. The quantitative estimate of drug-likeness (QED) is 0.242. The number of cyclic esters (lactones) is 1. The summed E-state index contributed by atoms with van der Waals surface area (Å²) < 4.78 is 37.1. The van der Waals surface area contributed by atoms with E-state index in [0.29, 0.717) is 18.4 Å². The number of nitrogens with zero attached hydrogens (tertiary/aromatic N) is 1. The Hall–Kier alpha value is -1.19. The molecule has 0 radical (unpaired) electrons. The Balaban J connectivity index is 2.06. The molecule has 0 unspecified atom stereocenters. The number of aliphatic hydroxyl groups is 4. The molecule has 4 N–H and O–H groups in total. The lowest BCUT2D eigenvalue weighted by molar-refractivity contribution is -0.298. The van der Waals surface area contributed by atoms with E-state index in [4.69, 9.17) is 28.4 Å². The maximum atomic E-state index is 13.8. The monoisotopic (exact) mass is 673 g/mol. The Morgan fingerprint density at radius 1 is 0.787 bits per heavy atom.